The lowest BCUT2D eigenvalue weighted by molar-refractivity contribution is -0.137. The van der Waals surface area contributed by atoms with Gasteiger partial charge < -0.3 is 4.74 Å². The molecule has 0 N–H and O–H groups in total. The quantitative estimate of drug-likeness (QED) is 0.478. The Labute approximate surface area is 162 Å². The molecule has 0 fully saturated rings. The van der Waals surface area contributed by atoms with Crippen LogP contribution in [0.3, 0.4) is 0 Å². The van der Waals surface area contributed by atoms with Gasteiger partial charge >= 0.3 is 6.18 Å². The van der Waals surface area contributed by atoms with Crippen LogP contribution in [0.5, 0.6) is 5.75 Å². The number of hydrogen-bond acceptors (Lipinski definition) is 4. The highest BCUT2D eigenvalue weighted by Crippen LogP contribution is 2.37. The van der Waals surface area contributed by atoms with E-state index in [2.05, 4.69) is 15.1 Å². The average molecular weight is 405 g/mol. The second kappa shape index (κ2) is 7.12. The molecule has 0 saturated carbocycles. The number of imidazole rings is 1. The number of alkyl halides is 3. The van der Waals surface area contributed by atoms with Crippen LogP contribution >= 0.6 is 11.6 Å². The van der Waals surface area contributed by atoms with E-state index in [1.165, 1.54) is 22.8 Å². The first-order valence-electron chi connectivity index (χ1n) is 8.16. The predicted octanol–water partition coefficient (Wildman–Crippen LogP) is 5.04. The molecule has 0 atom stereocenters. The summed E-state index contributed by atoms with van der Waals surface area (Å²) in [6.07, 6.45) is -1.75. The molecule has 0 spiro atoms. The van der Waals surface area contributed by atoms with Crippen molar-refractivity contribution in [3.05, 3.63) is 77.2 Å². The lowest BCUT2D eigenvalue weighted by atomic mass is 10.0. The molecule has 0 aliphatic carbocycles. The third kappa shape index (κ3) is 3.77. The molecule has 9 heteroatoms. The number of nitrogens with zero attached hydrogens (tertiary/aromatic N) is 4. The lowest BCUT2D eigenvalue weighted by Gasteiger charge is -2.12. The van der Waals surface area contributed by atoms with E-state index in [1.54, 1.807) is 6.20 Å². The number of rotatable bonds is 4. The minimum atomic E-state index is -4.57. The van der Waals surface area contributed by atoms with Crippen LogP contribution in [-0.4, -0.2) is 19.6 Å². The molecule has 0 radical (unpaired) electrons. The van der Waals surface area contributed by atoms with Gasteiger partial charge in [-0.2, -0.15) is 18.3 Å². The first kappa shape index (κ1) is 18.2. The molecular weight excluding hydrogens is 393 g/mol. The van der Waals surface area contributed by atoms with Gasteiger partial charge in [0.05, 0.1) is 18.0 Å². The zero-order valence-electron chi connectivity index (χ0n) is 14.2. The van der Waals surface area contributed by atoms with Crippen LogP contribution < -0.4 is 4.74 Å². The molecule has 0 unspecified atom stereocenters. The summed E-state index contributed by atoms with van der Waals surface area (Å²) in [5, 5.41) is 4.21. The minimum absolute atomic E-state index is 0.00640. The Morgan fingerprint density at radius 1 is 1.07 bits per heavy atom. The number of fused-ring (bicyclic) bond motifs is 1. The van der Waals surface area contributed by atoms with E-state index in [9.17, 15) is 13.2 Å². The van der Waals surface area contributed by atoms with Gasteiger partial charge in [0.2, 0.25) is 0 Å². The van der Waals surface area contributed by atoms with E-state index in [4.69, 9.17) is 16.3 Å². The second-order valence-corrected chi connectivity index (χ2v) is 6.35. The van der Waals surface area contributed by atoms with E-state index in [0.717, 1.165) is 6.07 Å². The van der Waals surface area contributed by atoms with Crippen molar-refractivity contribution in [2.75, 3.05) is 0 Å². The molecule has 5 nitrogen and oxygen atoms in total. The predicted molar refractivity (Wildman–Crippen MR) is 97.0 cm³/mol. The summed E-state index contributed by atoms with van der Waals surface area (Å²) >= 11 is 5.73. The molecule has 4 aromatic rings. The Morgan fingerprint density at radius 2 is 1.86 bits per heavy atom. The number of para-hydroxylation sites is 1. The van der Waals surface area contributed by atoms with Crippen molar-refractivity contribution in [1.29, 1.82) is 0 Å². The SMILES string of the molecule is FC(F)(F)c1cc(Cl)ccc1-c1cnc2nc(COc3ccccc3)cn2n1. The summed E-state index contributed by atoms with van der Waals surface area (Å²) < 4.78 is 47.0. The summed E-state index contributed by atoms with van der Waals surface area (Å²) in [6.45, 7) is 0.180. The molecule has 4 rings (SSSR count). The Hall–Kier alpha value is -3.13. The van der Waals surface area contributed by atoms with Crippen LogP contribution in [0.15, 0.2) is 60.9 Å². The summed E-state index contributed by atoms with van der Waals surface area (Å²) in [4.78, 5) is 8.38. The minimum Gasteiger partial charge on any atom is -0.487 e. The molecule has 0 saturated heterocycles. The van der Waals surface area contributed by atoms with Gasteiger partial charge in [0.1, 0.15) is 23.7 Å². The van der Waals surface area contributed by atoms with Gasteiger partial charge in [-0.05, 0) is 24.3 Å². The third-order valence-corrected chi connectivity index (χ3v) is 4.17. The van der Waals surface area contributed by atoms with Gasteiger partial charge in [-0.3, -0.25) is 0 Å². The van der Waals surface area contributed by atoms with Crippen molar-refractivity contribution in [1.82, 2.24) is 19.6 Å². The van der Waals surface area contributed by atoms with E-state index < -0.39 is 11.7 Å². The smallest absolute Gasteiger partial charge is 0.417 e. The number of hydrogen-bond donors (Lipinski definition) is 0. The molecule has 0 amide bonds. The van der Waals surface area contributed by atoms with Crippen LogP contribution in [0.2, 0.25) is 5.02 Å². The second-order valence-electron chi connectivity index (χ2n) is 5.91. The average Bonchev–Trinajstić information content (AvgIpc) is 3.08. The van der Waals surface area contributed by atoms with E-state index in [1.807, 2.05) is 30.3 Å². The topological polar surface area (TPSA) is 52.3 Å². The summed E-state index contributed by atoms with van der Waals surface area (Å²) in [7, 11) is 0. The summed E-state index contributed by atoms with van der Waals surface area (Å²) in [5.74, 6) is 0.940. The Morgan fingerprint density at radius 3 is 2.61 bits per heavy atom. The van der Waals surface area contributed by atoms with Crippen molar-refractivity contribution >= 4 is 17.4 Å². The van der Waals surface area contributed by atoms with E-state index in [0.29, 0.717) is 11.4 Å². The van der Waals surface area contributed by atoms with Crippen molar-refractivity contribution < 1.29 is 17.9 Å². The Kier molecular flexibility index (Phi) is 4.64. The zero-order chi connectivity index (χ0) is 19.7. The van der Waals surface area contributed by atoms with Crippen LogP contribution in [-0.2, 0) is 12.8 Å². The molecular formula is C19H12ClF3N4O. The van der Waals surface area contributed by atoms with Crippen LogP contribution in [0.1, 0.15) is 11.3 Å². The van der Waals surface area contributed by atoms with Gasteiger partial charge in [-0.25, -0.2) is 14.5 Å². The van der Waals surface area contributed by atoms with E-state index >= 15 is 0 Å². The number of halogens is 4. The standard InChI is InChI=1S/C19H12ClF3N4O/c20-12-6-7-15(16(8-12)19(21,22)23)17-9-24-18-25-13(10-27(18)26-17)11-28-14-4-2-1-3-5-14/h1-10H,11H2. The van der Waals surface area contributed by atoms with Gasteiger partial charge in [0.15, 0.2) is 0 Å². The monoisotopic (exact) mass is 404 g/mol. The molecule has 28 heavy (non-hydrogen) atoms. The van der Waals surface area contributed by atoms with Gasteiger partial charge in [-0.15, -0.1) is 0 Å². The normalized spacial score (nSPS) is 11.7. The van der Waals surface area contributed by atoms with Crippen molar-refractivity contribution in [2.45, 2.75) is 12.8 Å². The molecule has 0 aliphatic heterocycles. The highest BCUT2D eigenvalue weighted by atomic mass is 35.5. The summed E-state index contributed by atoms with van der Waals surface area (Å²) in [6, 6.07) is 12.7. The maximum atomic E-state index is 13.4. The highest BCUT2D eigenvalue weighted by Gasteiger charge is 2.34. The van der Waals surface area contributed by atoms with Crippen LogP contribution in [0.25, 0.3) is 17.0 Å². The maximum Gasteiger partial charge on any atom is 0.417 e. The fourth-order valence-electron chi connectivity index (χ4n) is 2.67. The summed E-state index contributed by atoms with van der Waals surface area (Å²) in [5.41, 5.74) is -0.374. The molecule has 2 aromatic heterocycles. The largest absolute Gasteiger partial charge is 0.487 e. The maximum absolute atomic E-state index is 13.4. The van der Waals surface area contributed by atoms with Crippen molar-refractivity contribution in [3.8, 4) is 17.0 Å². The number of benzene rings is 2. The molecule has 2 aromatic carbocycles. The number of ether oxygens (including phenoxy) is 1. The Bertz CT molecular complexity index is 1130. The van der Waals surface area contributed by atoms with Crippen molar-refractivity contribution in [2.24, 2.45) is 0 Å². The third-order valence-electron chi connectivity index (χ3n) is 3.93. The van der Waals surface area contributed by atoms with Gasteiger partial charge in [0.25, 0.3) is 5.78 Å². The fourth-order valence-corrected chi connectivity index (χ4v) is 2.84. The molecule has 142 valence electrons. The van der Waals surface area contributed by atoms with Crippen molar-refractivity contribution in [3.63, 3.8) is 0 Å². The molecule has 2 heterocycles. The van der Waals surface area contributed by atoms with E-state index in [-0.39, 0.29) is 28.7 Å². The van der Waals surface area contributed by atoms with Crippen LogP contribution in [0.4, 0.5) is 13.2 Å². The zero-order valence-corrected chi connectivity index (χ0v) is 14.9. The highest BCUT2D eigenvalue weighted by molar-refractivity contribution is 6.30. The fraction of sp³-hybridized carbons (Fsp3) is 0.105. The van der Waals surface area contributed by atoms with Gasteiger partial charge in [0, 0.05) is 10.6 Å². The number of aromatic nitrogens is 4. The first-order chi connectivity index (χ1) is 13.4. The van der Waals surface area contributed by atoms with Crippen LogP contribution in [0, 0.1) is 0 Å². The molecule has 0 aliphatic rings. The Balaban J connectivity index is 1.66. The van der Waals surface area contributed by atoms with Gasteiger partial charge in [-0.1, -0.05) is 35.9 Å². The molecule has 0 bridgehead atoms. The lowest BCUT2D eigenvalue weighted by Crippen LogP contribution is -2.08. The first-order valence-corrected chi connectivity index (χ1v) is 8.54.